The van der Waals surface area contributed by atoms with Crippen LogP contribution in [0, 0.1) is 5.92 Å². The van der Waals surface area contributed by atoms with Crippen molar-refractivity contribution < 1.29 is 46.1 Å². The van der Waals surface area contributed by atoms with E-state index in [2.05, 4.69) is 5.32 Å². The van der Waals surface area contributed by atoms with Gasteiger partial charge in [-0.15, -0.1) is 0 Å². The molecule has 5 atom stereocenters. The Balaban J connectivity index is 3.17. The Morgan fingerprint density at radius 2 is 1.85 bits per heavy atom. The number of hydrogen-bond donors (Lipinski definition) is 4. The minimum absolute atomic E-state index is 0.171. The van der Waals surface area contributed by atoms with E-state index in [0.29, 0.717) is 38.5 Å². The van der Waals surface area contributed by atoms with Gasteiger partial charge in [0.15, 0.2) is 0 Å². The highest BCUT2D eigenvalue weighted by atomic mass is 32.3. The molecule has 5 N–H and O–H groups in total. The fourth-order valence-electron chi connectivity index (χ4n) is 4.66. The molecular formula is C33H50N2O10S. The molecule has 258 valence electrons. The predicted molar refractivity (Wildman–Crippen MR) is 175 cm³/mol. The zero-order chi connectivity index (χ0) is 34.7. The molecule has 46 heavy (non-hydrogen) atoms. The first kappa shape index (κ1) is 40.5. The van der Waals surface area contributed by atoms with Crippen LogP contribution < -0.4 is 11.1 Å². The summed E-state index contributed by atoms with van der Waals surface area (Å²) in [7, 11) is -4.76. The molecular weight excluding hydrogens is 616 g/mol. The first-order valence-corrected chi connectivity index (χ1v) is 16.7. The maximum Gasteiger partial charge on any atom is 0.404 e. The normalized spacial score (nSPS) is 26.5. The summed E-state index contributed by atoms with van der Waals surface area (Å²) in [6.07, 6.45) is 12.9. The van der Waals surface area contributed by atoms with Gasteiger partial charge in [0.05, 0.1) is 6.10 Å². The lowest BCUT2D eigenvalue weighted by Crippen LogP contribution is -2.32. The van der Waals surface area contributed by atoms with Crippen molar-refractivity contribution in [2.45, 2.75) is 110 Å². The fraction of sp³-hybridized carbons (Fsp3) is 0.545. The van der Waals surface area contributed by atoms with Crippen molar-refractivity contribution in [1.29, 1.82) is 0 Å². The summed E-state index contributed by atoms with van der Waals surface area (Å²) in [6, 6.07) is 0. The number of carbonyl (C=O) groups excluding carboxylic acids is 3. The van der Waals surface area contributed by atoms with Crippen molar-refractivity contribution >= 4 is 28.4 Å². The number of nitrogens with two attached hydrogens (primary N) is 1. The highest BCUT2D eigenvalue weighted by Crippen LogP contribution is 2.22. The van der Waals surface area contributed by atoms with Crippen LogP contribution in [-0.4, -0.2) is 60.5 Å². The van der Waals surface area contributed by atoms with Crippen molar-refractivity contribution in [2.75, 3.05) is 0 Å². The molecule has 0 aromatic carbocycles. The number of rotatable bonds is 8. The summed E-state index contributed by atoms with van der Waals surface area (Å²) in [4.78, 5) is 36.0. The molecule has 0 saturated heterocycles. The third kappa shape index (κ3) is 19.8. The molecule has 1 aliphatic rings. The van der Waals surface area contributed by atoms with Gasteiger partial charge < -0.3 is 25.6 Å². The Labute approximate surface area is 273 Å². The van der Waals surface area contributed by atoms with Crippen LogP contribution in [0.25, 0.3) is 0 Å². The van der Waals surface area contributed by atoms with E-state index in [-0.39, 0.29) is 24.7 Å². The van der Waals surface area contributed by atoms with Gasteiger partial charge >= 0.3 is 22.5 Å². The van der Waals surface area contributed by atoms with Crippen LogP contribution in [-0.2, 0) is 33.6 Å². The average Bonchev–Trinajstić information content (AvgIpc) is 2.92. The first-order valence-electron chi connectivity index (χ1n) is 15.4. The number of nitrogens with one attached hydrogen (secondary N) is 1. The fourth-order valence-corrected chi connectivity index (χ4v) is 5.13. The quantitative estimate of drug-likeness (QED) is 0.0871. The molecule has 1 rings (SSSR count). The van der Waals surface area contributed by atoms with E-state index in [9.17, 15) is 32.5 Å². The van der Waals surface area contributed by atoms with E-state index in [1.165, 1.54) is 24.3 Å². The molecule has 0 spiro atoms. The SMILES string of the molecule is CC(C)=CC(=O)N/C=C/C(C)=C/C(C)C1C/C(C)=C/CCCCC(OS(=O)(=O)O)/C=C/C(O)C(OC(N)=O)CCC/C=C/C(=O)O1. The molecule has 13 heteroatoms. The van der Waals surface area contributed by atoms with Crippen molar-refractivity contribution in [3.05, 3.63) is 71.5 Å². The van der Waals surface area contributed by atoms with Gasteiger partial charge in [-0.3, -0.25) is 9.35 Å². The topological polar surface area (TPSA) is 192 Å². The van der Waals surface area contributed by atoms with Crippen LogP contribution in [0.2, 0.25) is 0 Å². The van der Waals surface area contributed by atoms with Crippen LogP contribution in [0.3, 0.4) is 0 Å². The Bertz CT molecular complexity index is 1290. The molecule has 0 fully saturated rings. The average molecular weight is 667 g/mol. The Morgan fingerprint density at radius 1 is 1.13 bits per heavy atom. The molecule has 2 amide bonds. The molecule has 1 aliphatic heterocycles. The second-order valence-corrected chi connectivity index (χ2v) is 12.6. The van der Waals surface area contributed by atoms with E-state index in [1.807, 2.05) is 46.8 Å². The van der Waals surface area contributed by atoms with Gasteiger partial charge in [0.2, 0.25) is 5.91 Å². The van der Waals surface area contributed by atoms with Gasteiger partial charge in [0.1, 0.15) is 18.3 Å². The molecule has 12 nitrogen and oxygen atoms in total. The highest BCUT2D eigenvalue weighted by Gasteiger charge is 2.23. The van der Waals surface area contributed by atoms with Gasteiger partial charge in [0, 0.05) is 30.7 Å². The summed E-state index contributed by atoms with van der Waals surface area (Å²) < 4.78 is 47.6. The van der Waals surface area contributed by atoms with Crippen molar-refractivity contribution in [2.24, 2.45) is 11.7 Å². The van der Waals surface area contributed by atoms with E-state index in [1.54, 1.807) is 18.4 Å². The van der Waals surface area contributed by atoms with Crippen molar-refractivity contribution in [3.63, 3.8) is 0 Å². The first-order chi connectivity index (χ1) is 21.6. The number of aliphatic hydroxyl groups excluding tert-OH is 1. The maximum absolute atomic E-state index is 12.8. The molecule has 1 heterocycles. The van der Waals surface area contributed by atoms with Crippen LogP contribution in [0.5, 0.6) is 0 Å². The lowest BCUT2D eigenvalue weighted by atomic mass is 9.95. The van der Waals surface area contributed by atoms with Gasteiger partial charge in [-0.05, 0) is 72.3 Å². The number of allylic oxidation sites excluding steroid dienone is 5. The zero-order valence-electron chi connectivity index (χ0n) is 27.4. The Kier molecular flexibility index (Phi) is 18.8. The molecule has 0 radical (unpaired) electrons. The van der Waals surface area contributed by atoms with Crippen LogP contribution >= 0.6 is 0 Å². The number of ether oxygens (including phenoxy) is 2. The number of aliphatic hydroxyl groups is 1. The smallest absolute Gasteiger partial charge is 0.404 e. The van der Waals surface area contributed by atoms with Gasteiger partial charge in [-0.2, -0.15) is 8.42 Å². The van der Waals surface area contributed by atoms with E-state index >= 15 is 0 Å². The molecule has 0 aromatic heterocycles. The lowest BCUT2D eigenvalue weighted by Gasteiger charge is -2.23. The standard InChI is InChI=1S/C33H50N2O10S/c1-23(2)20-31(37)35-19-18-25(4)21-26(5)30-22-24(3)12-8-6-9-13-27(45-46(40,41)42)16-17-28(36)29(44-33(34)39)14-10-7-11-15-32(38)43-30/h11-12,15-21,26-30,36H,6-10,13-14,22H2,1-5H3,(H2,34,39)(H,35,37)(H,40,41,42)/b15-11+,17-16+,19-18+,24-12+,25-21+. The number of carbonyl (C=O) groups is 3. The van der Waals surface area contributed by atoms with Crippen molar-refractivity contribution in [1.82, 2.24) is 5.32 Å². The number of primary amides is 1. The zero-order valence-corrected chi connectivity index (χ0v) is 28.2. The number of hydrogen-bond acceptors (Lipinski definition) is 9. The number of cyclic esters (lactones) is 1. The summed E-state index contributed by atoms with van der Waals surface area (Å²) in [6.45, 7) is 9.45. The maximum atomic E-state index is 12.8. The summed E-state index contributed by atoms with van der Waals surface area (Å²) >= 11 is 0. The minimum Gasteiger partial charge on any atom is -0.458 e. The monoisotopic (exact) mass is 666 g/mol. The third-order valence-corrected chi connectivity index (χ3v) is 7.35. The molecule has 0 aromatic rings. The van der Waals surface area contributed by atoms with Crippen LogP contribution in [0.1, 0.15) is 86.0 Å². The number of amides is 2. The van der Waals surface area contributed by atoms with Gasteiger partial charge in [0.25, 0.3) is 0 Å². The minimum atomic E-state index is -4.76. The lowest BCUT2D eigenvalue weighted by molar-refractivity contribution is -0.144. The predicted octanol–water partition coefficient (Wildman–Crippen LogP) is 5.28. The molecule has 5 unspecified atom stereocenters. The van der Waals surface area contributed by atoms with Gasteiger partial charge in [-0.25, -0.2) is 13.8 Å². The Morgan fingerprint density at radius 3 is 2.50 bits per heavy atom. The highest BCUT2D eigenvalue weighted by molar-refractivity contribution is 7.80. The second kappa shape index (κ2) is 21.3. The summed E-state index contributed by atoms with van der Waals surface area (Å²) in [5.74, 6) is -0.902. The Hall–Kier alpha value is -3.52. The van der Waals surface area contributed by atoms with Crippen LogP contribution in [0.4, 0.5) is 4.79 Å². The summed E-state index contributed by atoms with van der Waals surface area (Å²) in [5, 5.41) is 13.3. The van der Waals surface area contributed by atoms with E-state index in [0.717, 1.165) is 16.7 Å². The molecule has 0 bridgehead atoms. The largest absolute Gasteiger partial charge is 0.458 e. The van der Waals surface area contributed by atoms with E-state index in [4.69, 9.17) is 19.4 Å². The van der Waals surface area contributed by atoms with E-state index < -0.39 is 46.9 Å². The molecule has 0 aliphatic carbocycles. The van der Waals surface area contributed by atoms with Crippen LogP contribution in [0.15, 0.2) is 71.5 Å². The molecule has 0 saturated carbocycles. The summed E-state index contributed by atoms with van der Waals surface area (Å²) in [5.41, 5.74) is 7.93. The number of esters is 1. The second-order valence-electron chi connectivity index (χ2n) is 11.6. The third-order valence-electron chi connectivity index (χ3n) is 6.86. The van der Waals surface area contributed by atoms with Crippen molar-refractivity contribution in [3.8, 4) is 0 Å². The van der Waals surface area contributed by atoms with Gasteiger partial charge in [-0.1, -0.05) is 60.4 Å².